The van der Waals surface area contributed by atoms with Gasteiger partial charge in [-0.15, -0.1) is 0 Å². The summed E-state index contributed by atoms with van der Waals surface area (Å²) in [6.45, 7) is 2.40. The Bertz CT molecular complexity index is 1150. The predicted octanol–water partition coefficient (Wildman–Crippen LogP) is 2.07. The van der Waals surface area contributed by atoms with Gasteiger partial charge < -0.3 is 15.8 Å². The first-order valence-corrected chi connectivity index (χ1v) is 13.5. The van der Waals surface area contributed by atoms with Crippen LogP contribution < -0.4 is 11.1 Å². The van der Waals surface area contributed by atoms with Crippen LogP contribution >= 0.6 is 0 Å². The molecule has 0 aliphatic carbocycles. The zero-order valence-electron chi connectivity index (χ0n) is 20.4. The van der Waals surface area contributed by atoms with Gasteiger partial charge in [-0.2, -0.15) is 4.31 Å². The van der Waals surface area contributed by atoms with Crippen LogP contribution in [0.4, 0.5) is 0 Å². The lowest BCUT2D eigenvalue weighted by Crippen LogP contribution is -2.49. The van der Waals surface area contributed by atoms with E-state index in [-0.39, 0.29) is 11.4 Å². The molecule has 1 amide bonds. The van der Waals surface area contributed by atoms with Gasteiger partial charge in [0, 0.05) is 6.54 Å². The number of nitrogens with zero attached hydrogens (tertiary/aromatic N) is 1. The molecule has 0 radical (unpaired) electrons. The number of rotatable bonds is 12. The number of carbonyl (C=O) groups is 3. The molecular weight excluding hydrogens is 482 g/mol. The van der Waals surface area contributed by atoms with Crippen LogP contribution in [0.15, 0.2) is 59.5 Å². The highest BCUT2D eigenvalue weighted by Gasteiger charge is 2.39. The van der Waals surface area contributed by atoms with Gasteiger partial charge in [-0.05, 0) is 63.3 Å². The van der Waals surface area contributed by atoms with Gasteiger partial charge in [0.05, 0.1) is 11.3 Å². The molecule has 0 unspecified atom stereocenters. The molecule has 1 aliphatic rings. The van der Waals surface area contributed by atoms with Crippen molar-refractivity contribution in [2.45, 2.75) is 62.4 Å². The number of carbonyl (C=O) groups excluding carboxylic acids is 3. The molecule has 0 bridgehead atoms. The second-order valence-electron chi connectivity index (χ2n) is 8.95. The second kappa shape index (κ2) is 12.8. The number of hydrogen-bond donors (Lipinski definition) is 2. The summed E-state index contributed by atoms with van der Waals surface area (Å²) in [4.78, 5) is 37.4. The maximum Gasteiger partial charge on any atom is 0.332 e. The summed E-state index contributed by atoms with van der Waals surface area (Å²) in [5.41, 5.74) is 7.36. The molecule has 36 heavy (non-hydrogen) atoms. The Morgan fingerprint density at radius 2 is 1.78 bits per heavy atom. The summed E-state index contributed by atoms with van der Waals surface area (Å²) in [5, 5.41) is 2.94. The lowest BCUT2D eigenvalue weighted by Gasteiger charge is -2.29. The van der Waals surface area contributed by atoms with E-state index in [9.17, 15) is 22.8 Å². The van der Waals surface area contributed by atoms with Crippen molar-refractivity contribution in [1.82, 2.24) is 9.62 Å². The Morgan fingerprint density at radius 3 is 2.39 bits per heavy atom. The SMILES string of the molecule is Cc1ccc(S(=O)(=O)N(CCCCc2ccccc2)[C@@H](CC(N)=O)C(=O)OC(=O)[C@@H]2CCCN2)cc1. The minimum Gasteiger partial charge on any atom is -0.391 e. The van der Waals surface area contributed by atoms with Crippen LogP contribution in [-0.4, -0.2) is 55.7 Å². The van der Waals surface area contributed by atoms with Crippen LogP contribution in [-0.2, 0) is 35.6 Å². The Hall–Kier alpha value is -3.08. The first-order chi connectivity index (χ1) is 17.2. The number of hydrogen-bond acceptors (Lipinski definition) is 7. The third-order valence-electron chi connectivity index (χ3n) is 6.12. The standard InChI is InChI=1S/C26H33N3O6S/c1-19-12-14-21(15-13-19)36(33,34)29(17-6-5-10-20-8-3-2-4-9-20)23(18-24(27)30)26(32)35-25(31)22-11-7-16-28-22/h2-4,8-9,12-15,22-23,28H,5-7,10-11,16-18H2,1H3,(H2,27,30)/t22-,23-/m0/s1. The average Bonchev–Trinajstić information content (AvgIpc) is 3.39. The Kier molecular flexibility index (Phi) is 9.74. The van der Waals surface area contributed by atoms with Gasteiger partial charge in [0.15, 0.2) is 0 Å². The number of ether oxygens (including phenoxy) is 1. The molecule has 194 valence electrons. The van der Waals surface area contributed by atoms with Gasteiger partial charge in [0.2, 0.25) is 15.9 Å². The number of unbranched alkanes of at least 4 members (excludes halogenated alkanes) is 1. The normalized spacial score (nSPS) is 16.6. The molecule has 0 spiro atoms. The van der Waals surface area contributed by atoms with Gasteiger partial charge in [0.25, 0.3) is 0 Å². The molecule has 0 saturated carbocycles. The van der Waals surface area contributed by atoms with E-state index in [4.69, 9.17) is 10.5 Å². The van der Waals surface area contributed by atoms with Crippen molar-refractivity contribution in [1.29, 1.82) is 0 Å². The van der Waals surface area contributed by atoms with E-state index in [1.807, 2.05) is 37.3 Å². The van der Waals surface area contributed by atoms with E-state index in [2.05, 4.69) is 5.32 Å². The minimum atomic E-state index is -4.21. The first kappa shape index (κ1) is 27.5. The quantitative estimate of drug-likeness (QED) is 0.251. The molecule has 2 aromatic rings. The molecule has 1 fully saturated rings. The van der Waals surface area contributed by atoms with E-state index in [1.54, 1.807) is 12.1 Å². The van der Waals surface area contributed by atoms with Crippen molar-refractivity contribution in [3.63, 3.8) is 0 Å². The topological polar surface area (TPSA) is 136 Å². The molecule has 2 aromatic carbocycles. The van der Waals surface area contributed by atoms with Crippen LogP contribution in [0.3, 0.4) is 0 Å². The minimum absolute atomic E-state index is 0.0257. The summed E-state index contributed by atoms with van der Waals surface area (Å²) in [5.74, 6) is -2.77. The Labute approximate surface area is 212 Å². The number of aryl methyl sites for hydroxylation is 2. The Balaban J connectivity index is 1.84. The third-order valence-corrected chi connectivity index (χ3v) is 8.05. The van der Waals surface area contributed by atoms with Crippen molar-refractivity contribution >= 4 is 27.9 Å². The molecule has 1 saturated heterocycles. The van der Waals surface area contributed by atoms with Gasteiger partial charge in [-0.1, -0.05) is 48.0 Å². The summed E-state index contributed by atoms with van der Waals surface area (Å²) in [6, 6.07) is 13.7. The van der Waals surface area contributed by atoms with Gasteiger partial charge in [-0.25, -0.2) is 18.0 Å². The summed E-state index contributed by atoms with van der Waals surface area (Å²) >= 11 is 0. The summed E-state index contributed by atoms with van der Waals surface area (Å²) in [7, 11) is -4.21. The van der Waals surface area contributed by atoms with Crippen molar-refractivity contribution in [3.05, 3.63) is 65.7 Å². The number of benzene rings is 2. The van der Waals surface area contributed by atoms with E-state index in [0.717, 1.165) is 28.3 Å². The van der Waals surface area contributed by atoms with Crippen molar-refractivity contribution in [3.8, 4) is 0 Å². The highest BCUT2D eigenvalue weighted by atomic mass is 32.2. The summed E-state index contributed by atoms with van der Waals surface area (Å²) < 4.78 is 33.3. The van der Waals surface area contributed by atoms with Gasteiger partial charge in [-0.3, -0.25) is 4.79 Å². The fourth-order valence-corrected chi connectivity index (χ4v) is 5.76. The first-order valence-electron chi connectivity index (χ1n) is 12.1. The monoisotopic (exact) mass is 515 g/mol. The third kappa shape index (κ3) is 7.46. The van der Waals surface area contributed by atoms with Crippen LogP contribution in [0.5, 0.6) is 0 Å². The van der Waals surface area contributed by atoms with Crippen LogP contribution in [0.1, 0.15) is 43.2 Å². The van der Waals surface area contributed by atoms with Crippen LogP contribution in [0.25, 0.3) is 0 Å². The predicted molar refractivity (Wildman–Crippen MR) is 134 cm³/mol. The van der Waals surface area contributed by atoms with Crippen molar-refractivity contribution in [2.75, 3.05) is 13.1 Å². The highest BCUT2D eigenvalue weighted by Crippen LogP contribution is 2.23. The summed E-state index contributed by atoms with van der Waals surface area (Å²) in [6.07, 6.45) is 2.45. The number of nitrogens with two attached hydrogens (primary N) is 1. The molecule has 10 heteroatoms. The number of sulfonamides is 1. The van der Waals surface area contributed by atoms with Crippen molar-refractivity contribution in [2.24, 2.45) is 5.73 Å². The molecule has 3 N–H and O–H groups in total. The zero-order chi connectivity index (χ0) is 26.1. The number of primary amides is 1. The second-order valence-corrected chi connectivity index (χ2v) is 10.8. The van der Waals surface area contributed by atoms with Crippen LogP contribution in [0, 0.1) is 6.92 Å². The highest BCUT2D eigenvalue weighted by molar-refractivity contribution is 7.89. The van der Waals surface area contributed by atoms with Gasteiger partial charge >= 0.3 is 11.9 Å². The maximum atomic E-state index is 13.6. The number of amides is 1. The van der Waals surface area contributed by atoms with E-state index in [1.165, 1.54) is 12.1 Å². The van der Waals surface area contributed by atoms with E-state index in [0.29, 0.717) is 25.8 Å². The largest absolute Gasteiger partial charge is 0.391 e. The van der Waals surface area contributed by atoms with Crippen LogP contribution in [0.2, 0.25) is 0 Å². The van der Waals surface area contributed by atoms with E-state index < -0.39 is 46.4 Å². The lowest BCUT2D eigenvalue weighted by molar-refractivity contribution is -0.164. The molecule has 0 aromatic heterocycles. The van der Waals surface area contributed by atoms with Crippen molar-refractivity contribution < 1.29 is 27.5 Å². The molecule has 2 atom stereocenters. The maximum absolute atomic E-state index is 13.6. The lowest BCUT2D eigenvalue weighted by atomic mass is 10.1. The molecule has 1 heterocycles. The van der Waals surface area contributed by atoms with Gasteiger partial charge in [0.1, 0.15) is 12.1 Å². The zero-order valence-corrected chi connectivity index (χ0v) is 21.2. The average molecular weight is 516 g/mol. The fourth-order valence-electron chi connectivity index (χ4n) is 4.15. The van der Waals surface area contributed by atoms with E-state index >= 15 is 0 Å². The number of esters is 2. The Morgan fingerprint density at radius 1 is 1.08 bits per heavy atom. The molecular formula is C26H33N3O6S. The fraction of sp³-hybridized carbons (Fsp3) is 0.423. The molecule has 1 aliphatic heterocycles. The molecule has 9 nitrogen and oxygen atoms in total. The number of nitrogens with one attached hydrogen (secondary N) is 1. The smallest absolute Gasteiger partial charge is 0.332 e. The molecule has 3 rings (SSSR count).